The van der Waals surface area contributed by atoms with Gasteiger partial charge in [0.1, 0.15) is 0 Å². The fourth-order valence-electron chi connectivity index (χ4n) is 1.41. The van der Waals surface area contributed by atoms with Gasteiger partial charge in [-0.3, -0.25) is 4.79 Å². The Bertz CT molecular complexity index is 225. The van der Waals surface area contributed by atoms with E-state index in [2.05, 4.69) is 31.4 Å². The molecular formula is C11H22N2O2. The molecule has 1 aliphatic heterocycles. The zero-order valence-corrected chi connectivity index (χ0v) is 10.1. The van der Waals surface area contributed by atoms with Gasteiger partial charge < -0.3 is 15.4 Å². The van der Waals surface area contributed by atoms with E-state index in [0.29, 0.717) is 6.61 Å². The van der Waals surface area contributed by atoms with Crippen LogP contribution in [-0.2, 0) is 9.53 Å². The standard InChI is InChI=1S/C11H22N2O2/c1-5-11(2,3)6-8(12-4)10(14)13-9-7-15-9/h8-9,12H,5-7H2,1-4H3,(H,13,14). The molecule has 1 heterocycles. The summed E-state index contributed by atoms with van der Waals surface area (Å²) in [6, 6.07) is -0.121. The molecule has 1 saturated heterocycles. The van der Waals surface area contributed by atoms with Crippen LogP contribution in [0.15, 0.2) is 0 Å². The minimum absolute atomic E-state index is 0.0431. The molecule has 0 saturated carbocycles. The number of rotatable bonds is 6. The smallest absolute Gasteiger partial charge is 0.239 e. The molecule has 2 N–H and O–H groups in total. The zero-order valence-electron chi connectivity index (χ0n) is 10.1. The predicted octanol–water partition coefficient (Wildman–Crippen LogP) is 0.873. The first-order chi connectivity index (χ1) is 6.98. The maximum atomic E-state index is 11.8. The van der Waals surface area contributed by atoms with E-state index in [9.17, 15) is 4.79 Å². The Morgan fingerprint density at radius 1 is 1.60 bits per heavy atom. The molecular weight excluding hydrogens is 192 g/mol. The van der Waals surface area contributed by atoms with Crippen molar-refractivity contribution in [2.24, 2.45) is 5.41 Å². The van der Waals surface area contributed by atoms with Gasteiger partial charge in [0.2, 0.25) is 5.91 Å². The van der Waals surface area contributed by atoms with E-state index in [1.165, 1.54) is 0 Å². The molecule has 2 unspecified atom stereocenters. The molecule has 1 fully saturated rings. The van der Waals surface area contributed by atoms with E-state index >= 15 is 0 Å². The van der Waals surface area contributed by atoms with Gasteiger partial charge in [-0.05, 0) is 18.9 Å². The fraction of sp³-hybridized carbons (Fsp3) is 0.909. The van der Waals surface area contributed by atoms with Crippen molar-refractivity contribution in [1.29, 1.82) is 0 Å². The highest BCUT2D eigenvalue weighted by Gasteiger charge is 2.30. The lowest BCUT2D eigenvalue weighted by atomic mass is 9.83. The summed E-state index contributed by atoms with van der Waals surface area (Å²) in [6.45, 7) is 7.16. The van der Waals surface area contributed by atoms with Crippen LogP contribution in [0.3, 0.4) is 0 Å². The third kappa shape index (κ3) is 4.18. The number of amides is 1. The van der Waals surface area contributed by atoms with Crippen molar-refractivity contribution >= 4 is 5.91 Å². The lowest BCUT2D eigenvalue weighted by Gasteiger charge is -2.27. The Morgan fingerprint density at radius 3 is 2.60 bits per heavy atom. The molecule has 0 radical (unpaired) electrons. The molecule has 15 heavy (non-hydrogen) atoms. The lowest BCUT2D eigenvalue weighted by molar-refractivity contribution is -0.124. The van der Waals surface area contributed by atoms with E-state index in [1.54, 1.807) is 0 Å². The zero-order chi connectivity index (χ0) is 11.5. The van der Waals surface area contributed by atoms with Crippen LogP contribution in [0.5, 0.6) is 0 Å². The SMILES string of the molecule is CCC(C)(C)CC(NC)C(=O)NC1CO1. The molecule has 4 nitrogen and oxygen atoms in total. The van der Waals surface area contributed by atoms with Crippen molar-refractivity contribution in [3.63, 3.8) is 0 Å². The number of hydrogen-bond donors (Lipinski definition) is 2. The van der Waals surface area contributed by atoms with Crippen LogP contribution in [0.4, 0.5) is 0 Å². The molecule has 0 aliphatic carbocycles. The summed E-state index contributed by atoms with van der Waals surface area (Å²) in [6.07, 6.45) is 1.87. The number of carbonyl (C=O) groups excluding carboxylic acids is 1. The number of epoxide rings is 1. The molecule has 0 bridgehead atoms. The summed E-state index contributed by atoms with van der Waals surface area (Å²) in [5.41, 5.74) is 0.190. The molecule has 4 heteroatoms. The molecule has 2 atom stereocenters. The third-order valence-corrected chi connectivity index (χ3v) is 3.02. The van der Waals surface area contributed by atoms with Gasteiger partial charge in [0.15, 0.2) is 6.23 Å². The van der Waals surface area contributed by atoms with Gasteiger partial charge in [-0.25, -0.2) is 0 Å². The Hall–Kier alpha value is -0.610. The topological polar surface area (TPSA) is 53.7 Å². The Labute approximate surface area is 91.8 Å². The molecule has 0 aromatic rings. The Morgan fingerprint density at radius 2 is 2.20 bits per heavy atom. The van der Waals surface area contributed by atoms with Gasteiger partial charge in [-0.2, -0.15) is 0 Å². The first-order valence-corrected chi connectivity index (χ1v) is 5.58. The monoisotopic (exact) mass is 214 g/mol. The Kier molecular flexibility index (Phi) is 4.11. The highest BCUT2D eigenvalue weighted by molar-refractivity contribution is 5.82. The summed E-state index contributed by atoms with van der Waals surface area (Å²) in [7, 11) is 1.82. The average Bonchev–Trinajstić information content (AvgIpc) is 2.98. The lowest BCUT2D eigenvalue weighted by Crippen LogP contribution is -2.45. The van der Waals surface area contributed by atoms with Crippen molar-refractivity contribution < 1.29 is 9.53 Å². The van der Waals surface area contributed by atoms with Crippen LogP contribution in [0.25, 0.3) is 0 Å². The van der Waals surface area contributed by atoms with Crippen molar-refractivity contribution in [2.75, 3.05) is 13.7 Å². The quantitative estimate of drug-likeness (QED) is 0.645. The summed E-state index contributed by atoms with van der Waals surface area (Å²) in [4.78, 5) is 11.8. The molecule has 0 aromatic carbocycles. The van der Waals surface area contributed by atoms with E-state index in [4.69, 9.17) is 4.74 Å². The summed E-state index contributed by atoms with van der Waals surface area (Å²) in [5.74, 6) is 0.0431. The van der Waals surface area contributed by atoms with Gasteiger partial charge in [0.25, 0.3) is 0 Å². The van der Waals surface area contributed by atoms with Crippen molar-refractivity contribution in [1.82, 2.24) is 10.6 Å². The van der Waals surface area contributed by atoms with Gasteiger partial charge >= 0.3 is 0 Å². The second kappa shape index (κ2) is 4.94. The van der Waals surface area contributed by atoms with Crippen LogP contribution in [-0.4, -0.2) is 31.8 Å². The molecule has 1 aliphatic rings. The van der Waals surface area contributed by atoms with Crippen molar-refractivity contribution in [3.05, 3.63) is 0 Å². The number of ether oxygens (including phenoxy) is 1. The van der Waals surface area contributed by atoms with Gasteiger partial charge in [0.05, 0.1) is 12.6 Å². The largest absolute Gasteiger partial charge is 0.351 e. The molecule has 1 rings (SSSR count). The normalized spacial score (nSPS) is 22.3. The number of likely N-dealkylation sites (N-methyl/N-ethyl adjacent to an activating group) is 1. The first kappa shape index (κ1) is 12.5. The van der Waals surface area contributed by atoms with Crippen LogP contribution in [0, 0.1) is 5.41 Å². The highest BCUT2D eigenvalue weighted by atomic mass is 16.6. The van der Waals surface area contributed by atoms with E-state index in [0.717, 1.165) is 12.8 Å². The average molecular weight is 214 g/mol. The molecule has 1 amide bonds. The van der Waals surface area contributed by atoms with Crippen LogP contribution in [0.1, 0.15) is 33.6 Å². The second-order valence-electron chi connectivity index (χ2n) is 4.89. The Balaban J connectivity index is 2.42. The number of carbonyl (C=O) groups is 1. The summed E-state index contributed by atoms with van der Waals surface area (Å²) < 4.78 is 4.97. The summed E-state index contributed by atoms with van der Waals surface area (Å²) >= 11 is 0. The maximum Gasteiger partial charge on any atom is 0.239 e. The van der Waals surface area contributed by atoms with Gasteiger partial charge in [-0.1, -0.05) is 27.2 Å². The van der Waals surface area contributed by atoms with Crippen LogP contribution in [0.2, 0.25) is 0 Å². The van der Waals surface area contributed by atoms with E-state index in [1.807, 2.05) is 7.05 Å². The maximum absolute atomic E-state index is 11.8. The van der Waals surface area contributed by atoms with E-state index in [-0.39, 0.29) is 23.6 Å². The minimum atomic E-state index is -0.121. The highest BCUT2D eigenvalue weighted by Crippen LogP contribution is 2.26. The first-order valence-electron chi connectivity index (χ1n) is 5.58. The third-order valence-electron chi connectivity index (χ3n) is 3.02. The van der Waals surface area contributed by atoms with Gasteiger partial charge in [-0.15, -0.1) is 0 Å². The van der Waals surface area contributed by atoms with Crippen molar-refractivity contribution in [2.45, 2.75) is 45.9 Å². The predicted molar refractivity (Wildman–Crippen MR) is 59.4 cm³/mol. The molecule has 88 valence electrons. The molecule has 0 aromatic heterocycles. The van der Waals surface area contributed by atoms with Crippen LogP contribution < -0.4 is 10.6 Å². The fourth-order valence-corrected chi connectivity index (χ4v) is 1.41. The number of hydrogen-bond acceptors (Lipinski definition) is 3. The second-order valence-corrected chi connectivity index (χ2v) is 4.89. The summed E-state index contributed by atoms with van der Waals surface area (Å²) in [5, 5.41) is 5.89. The minimum Gasteiger partial charge on any atom is -0.351 e. The number of nitrogens with one attached hydrogen (secondary N) is 2. The van der Waals surface area contributed by atoms with Crippen molar-refractivity contribution in [3.8, 4) is 0 Å². The molecule has 0 spiro atoms. The van der Waals surface area contributed by atoms with E-state index < -0.39 is 0 Å². The van der Waals surface area contributed by atoms with Crippen LogP contribution >= 0.6 is 0 Å². The van der Waals surface area contributed by atoms with Gasteiger partial charge in [0, 0.05) is 0 Å².